The first-order chi connectivity index (χ1) is 26.4. The summed E-state index contributed by atoms with van der Waals surface area (Å²) in [5.41, 5.74) is 1.42. The highest BCUT2D eigenvalue weighted by atomic mass is 19.1. The topological polar surface area (TPSA) is 123 Å². The molecule has 1 unspecified atom stereocenters. The summed E-state index contributed by atoms with van der Waals surface area (Å²) in [4.78, 5) is 48.6. The molecule has 0 radical (unpaired) electrons. The lowest BCUT2D eigenvalue weighted by Crippen LogP contribution is -2.45. The summed E-state index contributed by atoms with van der Waals surface area (Å²) in [6.45, 7) is 16.7. The van der Waals surface area contributed by atoms with Crippen LogP contribution in [-0.2, 0) is 15.9 Å². The minimum atomic E-state index is -0.625. The molecular weight excluding hydrogens is 705 g/mol. The third-order valence-electron chi connectivity index (χ3n) is 10.3. The molecule has 0 spiro atoms. The molecule has 298 valence electrons. The fraction of sp³-hybridized carbons (Fsp3) is 0.585. The Hall–Kier alpha value is -4.56. The van der Waals surface area contributed by atoms with E-state index in [1.807, 2.05) is 52.5 Å². The van der Waals surface area contributed by atoms with E-state index >= 15 is 0 Å². The van der Waals surface area contributed by atoms with Gasteiger partial charge < -0.3 is 33.6 Å². The largest absolute Gasteiger partial charge is 0.490 e. The number of nitrogens with zero attached hydrogens (tertiary/aromatic N) is 7. The first-order valence-corrected chi connectivity index (χ1v) is 19.7. The number of ether oxygens (including phenoxy) is 4. The maximum absolute atomic E-state index is 14.4. The normalized spacial score (nSPS) is 18.4. The van der Waals surface area contributed by atoms with Crippen molar-refractivity contribution in [1.29, 1.82) is 0 Å². The van der Waals surface area contributed by atoms with Crippen LogP contribution in [0, 0.1) is 5.82 Å². The van der Waals surface area contributed by atoms with Gasteiger partial charge in [-0.25, -0.2) is 19.2 Å². The summed E-state index contributed by atoms with van der Waals surface area (Å²) in [5.74, 6) is 1.11. The van der Waals surface area contributed by atoms with E-state index in [0.717, 1.165) is 49.5 Å². The van der Waals surface area contributed by atoms with Crippen LogP contribution in [0.25, 0.3) is 0 Å². The van der Waals surface area contributed by atoms with Crippen molar-refractivity contribution in [2.45, 2.75) is 104 Å². The molecule has 0 N–H and O–H groups in total. The Labute approximate surface area is 324 Å². The number of pyridine rings is 1. The summed E-state index contributed by atoms with van der Waals surface area (Å²) >= 11 is 0. The average molecular weight is 762 g/mol. The minimum Gasteiger partial charge on any atom is -0.490 e. The Balaban J connectivity index is 1.18. The van der Waals surface area contributed by atoms with Crippen molar-refractivity contribution < 1.29 is 32.9 Å². The predicted molar refractivity (Wildman–Crippen MR) is 206 cm³/mol. The van der Waals surface area contributed by atoms with Gasteiger partial charge in [0.1, 0.15) is 35.3 Å². The van der Waals surface area contributed by atoms with Crippen molar-refractivity contribution in [2.75, 3.05) is 57.5 Å². The van der Waals surface area contributed by atoms with Gasteiger partial charge in [0.05, 0.1) is 30.2 Å². The lowest BCUT2D eigenvalue weighted by Gasteiger charge is -2.40. The molecule has 14 heteroatoms. The van der Waals surface area contributed by atoms with E-state index in [2.05, 4.69) is 19.8 Å². The molecule has 2 amide bonds. The van der Waals surface area contributed by atoms with Gasteiger partial charge in [-0.3, -0.25) is 14.7 Å². The Kier molecular flexibility index (Phi) is 13.1. The molecular formula is C41H56FN7O6. The van der Waals surface area contributed by atoms with Crippen molar-refractivity contribution in [2.24, 2.45) is 0 Å². The number of aromatic nitrogens is 3. The molecule has 0 bridgehead atoms. The standard InChI is InChI=1S/C41H56FN7O6/c1-7-48(28(2)3)39(50)31-24-29(42)10-11-34(31)54-36-25-43-26-45-38(36)47-20-13-30(14-21-47)53-35-12-17-44-32-15-22-49(40(51)55-41(4,5)6)33(37(32)35)16-19-46-18-8-9-23-52-27-46/h10-12,17,24-26,28,30,33H,7-9,13-16,18-23,27H2,1-6H3. The third kappa shape index (κ3) is 10.0. The molecule has 0 aliphatic carbocycles. The minimum absolute atomic E-state index is 0.0699. The number of fused-ring (bicyclic) bond motifs is 1. The number of halogens is 1. The number of rotatable bonds is 11. The van der Waals surface area contributed by atoms with Crippen LogP contribution in [0.15, 0.2) is 43.0 Å². The lowest BCUT2D eigenvalue weighted by molar-refractivity contribution is 0.00819. The number of carbonyl (C=O) groups excluding carboxylic acids is 2. The Morgan fingerprint density at radius 2 is 1.84 bits per heavy atom. The number of benzene rings is 1. The summed E-state index contributed by atoms with van der Waals surface area (Å²) < 4.78 is 39.3. The van der Waals surface area contributed by atoms with Gasteiger partial charge >= 0.3 is 6.09 Å². The van der Waals surface area contributed by atoms with Crippen molar-refractivity contribution in [3.05, 3.63) is 65.6 Å². The van der Waals surface area contributed by atoms with E-state index in [4.69, 9.17) is 23.9 Å². The van der Waals surface area contributed by atoms with Gasteiger partial charge in [-0.1, -0.05) is 0 Å². The van der Waals surface area contributed by atoms with Crippen LogP contribution in [0.3, 0.4) is 0 Å². The van der Waals surface area contributed by atoms with Crippen LogP contribution in [-0.4, -0.2) is 112 Å². The van der Waals surface area contributed by atoms with Crippen LogP contribution in [0.1, 0.15) is 101 Å². The van der Waals surface area contributed by atoms with E-state index in [-0.39, 0.29) is 41.5 Å². The molecule has 3 aliphatic rings. The molecule has 2 fully saturated rings. The third-order valence-corrected chi connectivity index (χ3v) is 10.3. The Morgan fingerprint density at radius 3 is 2.58 bits per heavy atom. The number of amides is 2. The first-order valence-electron chi connectivity index (χ1n) is 19.7. The quantitative estimate of drug-likeness (QED) is 0.201. The summed E-state index contributed by atoms with van der Waals surface area (Å²) in [6, 6.07) is 5.56. The van der Waals surface area contributed by atoms with E-state index < -0.39 is 11.4 Å². The highest BCUT2D eigenvalue weighted by molar-refractivity contribution is 5.97. The summed E-state index contributed by atoms with van der Waals surface area (Å²) in [5, 5.41) is 0. The molecule has 3 aromatic rings. The van der Waals surface area contributed by atoms with Gasteiger partial charge in [-0.15, -0.1) is 0 Å². The fourth-order valence-electron chi connectivity index (χ4n) is 7.57. The second kappa shape index (κ2) is 17.9. The lowest BCUT2D eigenvalue weighted by atomic mass is 9.93. The molecule has 2 saturated heterocycles. The smallest absolute Gasteiger partial charge is 0.410 e. The van der Waals surface area contributed by atoms with E-state index in [1.54, 1.807) is 17.3 Å². The molecule has 0 saturated carbocycles. The van der Waals surface area contributed by atoms with Crippen molar-refractivity contribution in [1.82, 2.24) is 29.7 Å². The maximum atomic E-state index is 14.4. The SMILES string of the molecule is CCN(C(=O)c1cc(F)ccc1Oc1cncnc1N1CCC(Oc2ccnc3c2C(CCN2CCCCOC2)N(C(=O)OC(C)(C)C)CC3)CC1)C(C)C. The van der Waals surface area contributed by atoms with Gasteiger partial charge in [0.15, 0.2) is 11.6 Å². The second-order valence-corrected chi connectivity index (χ2v) is 15.7. The van der Waals surface area contributed by atoms with E-state index in [1.165, 1.54) is 24.5 Å². The zero-order valence-electron chi connectivity index (χ0n) is 33.1. The van der Waals surface area contributed by atoms with Crippen LogP contribution < -0.4 is 14.4 Å². The maximum Gasteiger partial charge on any atom is 0.410 e. The molecule has 6 rings (SSSR count). The number of hydrogen-bond donors (Lipinski definition) is 0. The highest BCUT2D eigenvalue weighted by Gasteiger charge is 2.37. The van der Waals surface area contributed by atoms with Crippen LogP contribution >= 0.6 is 0 Å². The van der Waals surface area contributed by atoms with Gasteiger partial charge in [0.25, 0.3) is 5.91 Å². The predicted octanol–water partition coefficient (Wildman–Crippen LogP) is 7.02. The zero-order chi connectivity index (χ0) is 39.1. The fourth-order valence-corrected chi connectivity index (χ4v) is 7.57. The molecule has 5 heterocycles. The Bertz CT molecular complexity index is 1770. The first kappa shape index (κ1) is 40.1. The van der Waals surface area contributed by atoms with Crippen molar-refractivity contribution in [3.8, 4) is 17.2 Å². The second-order valence-electron chi connectivity index (χ2n) is 15.7. The highest BCUT2D eigenvalue weighted by Crippen LogP contribution is 2.40. The van der Waals surface area contributed by atoms with Crippen molar-refractivity contribution in [3.63, 3.8) is 0 Å². The summed E-state index contributed by atoms with van der Waals surface area (Å²) in [6.07, 6.45) is 9.25. The van der Waals surface area contributed by atoms with Gasteiger partial charge in [-0.2, -0.15) is 0 Å². The van der Waals surface area contributed by atoms with Gasteiger partial charge in [0, 0.05) is 82.9 Å². The molecule has 13 nitrogen and oxygen atoms in total. The number of hydrogen-bond acceptors (Lipinski definition) is 11. The number of carbonyl (C=O) groups is 2. The number of anilines is 1. The van der Waals surface area contributed by atoms with Gasteiger partial charge in [-0.05, 0) is 85.1 Å². The summed E-state index contributed by atoms with van der Waals surface area (Å²) in [7, 11) is 0. The van der Waals surface area contributed by atoms with Crippen molar-refractivity contribution >= 4 is 17.8 Å². The van der Waals surface area contributed by atoms with Crippen LogP contribution in [0.4, 0.5) is 15.0 Å². The van der Waals surface area contributed by atoms with E-state index in [0.29, 0.717) is 70.2 Å². The molecule has 2 aromatic heterocycles. The molecule has 3 aliphatic heterocycles. The Morgan fingerprint density at radius 1 is 1.04 bits per heavy atom. The van der Waals surface area contributed by atoms with Crippen LogP contribution in [0.5, 0.6) is 17.2 Å². The zero-order valence-corrected chi connectivity index (χ0v) is 33.1. The molecule has 1 atom stereocenters. The average Bonchev–Trinajstić information content (AvgIpc) is 3.43. The number of piperidine rings is 1. The monoisotopic (exact) mass is 761 g/mol. The van der Waals surface area contributed by atoms with E-state index in [9.17, 15) is 14.0 Å². The molecule has 1 aromatic carbocycles. The van der Waals surface area contributed by atoms with Gasteiger partial charge in [0.2, 0.25) is 0 Å². The van der Waals surface area contributed by atoms with Crippen LogP contribution in [0.2, 0.25) is 0 Å². The molecule has 55 heavy (non-hydrogen) atoms.